The van der Waals surface area contributed by atoms with Gasteiger partial charge in [0.15, 0.2) is 5.13 Å². The summed E-state index contributed by atoms with van der Waals surface area (Å²) in [7, 11) is -0.937. The van der Waals surface area contributed by atoms with E-state index in [1.54, 1.807) is 41.8 Å². The second kappa shape index (κ2) is 9.62. The molecule has 1 amide bonds. The van der Waals surface area contributed by atoms with Gasteiger partial charge in [-0.05, 0) is 66.7 Å². The Balaban J connectivity index is 1.52. The van der Waals surface area contributed by atoms with Crippen LogP contribution in [0.1, 0.15) is 10.4 Å². The predicted molar refractivity (Wildman–Crippen MR) is 130 cm³/mol. The number of rotatable bonds is 7. The molecule has 4 rings (SSSR count). The second-order valence-corrected chi connectivity index (χ2v) is 10.0. The summed E-state index contributed by atoms with van der Waals surface area (Å²) in [5, 5.41) is 4.77. The molecule has 0 saturated carbocycles. The number of nitrogens with zero attached hydrogens (tertiary/aromatic N) is 2. The van der Waals surface area contributed by atoms with Crippen LogP contribution in [0.4, 0.5) is 15.2 Å². The molecule has 0 unspecified atom stereocenters. The van der Waals surface area contributed by atoms with Gasteiger partial charge in [0.25, 0.3) is 15.9 Å². The van der Waals surface area contributed by atoms with Crippen molar-refractivity contribution in [3.8, 4) is 17.0 Å². The lowest BCUT2D eigenvalue weighted by molar-refractivity contribution is 0.102. The lowest BCUT2D eigenvalue weighted by atomic mass is 10.2. The van der Waals surface area contributed by atoms with Gasteiger partial charge in [0.05, 0.1) is 23.4 Å². The van der Waals surface area contributed by atoms with E-state index in [-0.39, 0.29) is 16.3 Å². The van der Waals surface area contributed by atoms with Crippen LogP contribution < -0.4 is 14.4 Å². The van der Waals surface area contributed by atoms with Gasteiger partial charge >= 0.3 is 0 Å². The number of ether oxygens (including phenoxy) is 1. The summed E-state index contributed by atoms with van der Waals surface area (Å²) in [5.41, 5.74) is 1.93. The van der Waals surface area contributed by atoms with Crippen LogP contribution >= 0.6 is 11.3 Å². The topological polar surface area (TPSA) is 88.6 Å². The number of aromatic nitrogens is 1. The Hall–Kier alpha value is -3.76. The van der Waals surface area contributed by atoms with E-state index in [1.165, 1.54) is 61.9 Å². The molecule has 0 bridgehead atoms. The third-order valence-corrected chi connectivity index (χ3v) is 7.59. The molecule has 34 heavy (non-hydrogen) atoms. The Bertz CT molecular complexity index is 1420. The third kappa shape index (κ3) is 4.92. The average Bonchev–Trinajstić information content (AvgIpc) is 3.32. The Morgan fingerprint density at radius 2 is 1.76 bits per heavy atom. The molecule has 1 heterocycles. The highest BCUT2D eigenvalue weighted by atomic mass is 32.2. The van der Waals surface area contributed by atoms with Crippen molar-refractivity contribution < 1.29 is 22.3 Å². The molecule has 0 spiro atoms. The van der Waals surface area contributed by atoms with Crippen molar-refractivity contribution in [1.29, 1.82) is 0 Å². The Labute approximate surface area is 200 Å². The molecule has 4 aromatic rings. The van der Waals surface area contributed by atoms with Gasteiger partial charge in [-0.3, -0.25) is 14.4 Å². The highest BCUT2D eigenvalue weighted by molar-refractivity contribution is 7.92. The van der Waals surface area contributed by atoms with Crippen LogP contribution in [0.5, 0.6) is 5.75 Å². The van der Waals surface area contributed by atoms with Crippen LogP contribution in [-0.4, -0.2) is 33.5 Å². The summed E-state index contributed by atoms with van der Waals surface area (Å²) >= 11 is 1.21. The number of amides is 1. The van der Waals surface area contributed by atoms with Gasteiger partial charge in [-0.1, -0.05) is 6.07 Å². The molecule has 0 aliphatic heterocycles. The van der Waals surface area contributed by atoms with Crippen LogP contribution in [0.15, 0.2) is 83.1 Å². The molecule has 10 heteroatoms. The first-order valence-electron chi connectivity index (χ1n) is 10.0. The fourth-order valence-electron chi connectivity index (χ4n) is 3.14. The maximum atomic E-state index is 13.1. The first kappa shape index (κ1) is 23.4. The molecule has 0 fully saturated rings. The summed E-state index contributed by atoms with van der Waals surface area (Å²) in [4.78, 5) is 17.1. The molecule has 0 aliphatic carbocycles. The zero-order valence-electron chi connectivity index (χ0n) is 18.2. The van der Waals surface area contributed by atoms with E-state index in [0.29, 0.717) is 27.8 Å². The van der Waals surface area contributed by atoms with Crippen molar-refractivity contribution >= 4 is 38.1 Å². The highest BCUT2D eigenvalue weighted by Gasteiger charge is 2.23. The van der Waals surface area contributed by atoms with E-state index in [2.05, 4.69) is 10.3 Å². The molecule has 0 saturated heterocycles. The number of nitrogens with one attached hydrogen (secondary N) is 1. The molecular weight excluding hydrogens is 477 g/mol. The number of methoxy groups -OCH3 is 1. The number of halogens is 1. The van der Waals surface area contributed by atoms with Crippen molar-refractivity contribution in [1.82, 2.24) is 4.98 Å². The molecule has 3 aromatic carbocycles. The van der Waals surface area contributed by atoms with E-state index in [1.807, 2.05) is 0 Å². The Morgan fingerprint density at radius 3 is 2.44 bits per heavy atom. The molecule has 1 aromatic heterocycles. The number of hydrogen-bond donors (Lipinski definition) is 1. The van der Waals surface area contributed by atoms with Gasteiger partial charge in [-0.15, -0.1) is 11.3 Å². The van der Waals surface area contributed by atoms with Gasteiger partial charge in [-0.2, -0.15) is 0 Å². The number of carbonyl (C=O) groups excluding carboxylic acids is 1. The maximum absolute atomic E-state index is 13.1. The highest BCUT2D eigenvalue weighted by Crippen LogP contribution is 2.27. The SMILES string of the molecule is COc1ccc(N(C)S(=O)(=O)c2cccc(C(=O)Nc3nc(-c4ccc(F)cc4)cs3)c2)cc1. The Kier molecular flexibility index (Phi) is 6.62. The van der Waals surface area contributed by atoms with E-state index in [9.17, 15) is 17.6 Å². The third-order valence-electron chi connectivity index (χ3n) is 5.06. The van der Waals surface area contributed by atoms with E-state index < -0.39 is 15.9 Å². The molecule has 0 aliphatic rings. The van der Waals surface area contributed by atoms with Crippen molar-refractivity contribution in [3.63, 3.8) is 0 Å². The first-order valence-corrected chi connectivity index (χ1v) is 12.4. The van der Waals surface area contributed by atoms with Crippen LogP contribution in [0, 0.1) is 5.82 Å². The zero-order chi connectivity index (χ0) is 24.3. The Morgan fingerprint density at radius 1 is 1.06 bits per heavy atom. The summed E-state index contributed by atoms with van der Waals surface area (Å²) in [6, 6.07) is 18.3. The summed E-state index contributed by atoms with van der Waals surface area (Å²) in [6.07, 6.45) is 0. The van der Waals surface area contributed by atoms with Gasteiger partial charge in [0.2, 0.25) is 0 Å². The van der Waals surface area contributed by atoms with Gasteiger partial charge < -0.3 is 4.74 Å². The van der Waals surface area contributed by atoms with Crippen molar-refractivity contribution in [2.24, 2.45) is 0 Å². The fourth-order valence-corrected chi connectivity index (χ4v) is 5.10. The standard InChI is InChI=1S/C24H20FN3O4S2/c1-28(19-10-12-20(32-2)13-11-19)34(30,31)21-5-3-4-17(14-21)23(29)27-24-26-22(15-33-24)16-6-8-18(25)9-7-16/h3-15H,1-2H3,(H,26,27,29). The van der Waals surface area contributed by atoms with Gasteiger partial charge in [-0.25, -0.2) is 17.8 Å². The maximum Gasteiger partial charge on any atom is 0.264 e. The average molecular weight is 498 g/mol. The summed E-state index contributed by atoms with van der Waals surface area (Å²) in [5.74, 6) is -0.234. The summed E-state index contributed by atoms with van der Waals surface area (Å²) in [6.45, 7) is 0. The first-order chi connectivity index (χ1) is 16.3. The van der Waals surface area contributed by atoms with Crippen LogP contribution in [-0.2, 0) is 10.0 Å². The largest absolute Gasteiger partial charge is 0.497 e. The molecule has 0 radical (unpaired) electrons. The van der Waals surface area contributed by atoms with Gasteiger partial charge in [0.1, 0.15) is 11.6 Å². The van der Waals surface area contributed by atoms with E-state index >= 15 is 0 Å². The number of sulfonamides is 1. The molecule has 7 nitrogen and oxygen atoms in total. The quantitative estimate of drug-likeness (QED) is 0.387. The predicted octanol–water partition coefficient (Wildman–Crippen LogP) is 5.04. The van der Waals surface area contributed by atoms with E-state index in [0.717, 1.165) is 4.31 Å². The minimum Gasteiger partial charge on any atom is -0.497 e. The lowest BCUT2D eigenvalue weighted by Crippen LogP contribution is -2.26. The van der Waals surface area contributed by atoms with Crippen molar-refractivity contribution in [3.05, 3.63) is 89.6 Å². The fraction of sp³-hybridized carbons (Fsp3) is 0.0833. The van der Waals surface area contributed by atoms with Crippen molar-refractivity contribution in [2.45, 2.75) is 4.90 Å². The van der Waals surface area contributed by atoms with Gasteiger partial charge in [0, 0.05) is 23.6 Å². The lowest BCUT2D eigenvalue weighted by Gasteiger charge is -2.20. The normalized spacial score (nSPS) is 11.1. The van der Waals surface area contributed by atoms with Crippen LogP contribution in [0.2, 0.25) is 0 Å². The zero-order valence-corrected chi connectivity index (χ0v) is 19.9. The number of thiazole rings is 1. The smallest absolute Gasteiger partial charge is 0.264 e. The minimum atomic E-state index is -3.91. The van der Waals surface area contributed by atoms with Crippen molar-refractivity contribution in [2.75, 3.05) is 23.8 Å². The molecular formula is C24H20FN3O4S2. The number of hydrogen-bond acceptors (Lipinski definition) is 6. The molecule has 1 N–H and O–H groups in total. The van der Waals surface area contributed by atoms with Crippen LogP contribution in [0.25, 0.3) is 11.3 Å². The number of benzene rings is 3. The minimum absolute atomic E-state index is 0.0235. The number of carbonyl (C=O) groups is 1. The second-order valence-electron chi connectivity index (χ2n) is 7.20. The molecule has 0 atom stereocenters. The molecule has 174 valence electrons. The van der Waals surface area contributed by atoms with E-state index in [4.69, 9.17) is 4.74 Å². The monoisotopic (exact) mass is 497 g/mol. The van der Waals surface area contributed by atoms with Crippen LogP contribution in [0.3, 0.4) is 0 Å². The summed E-state index contributed by atoms with van der Waals surface area (Å²) < 4.78 is 45.6. The number of anilines is 2.